The van der Waals surface area contributed by atoms with Gasteiger partial charge in [-0.1, -0.05) is 26.0 Å². The number of ether oxygens (including phenoxy) is 2. The first-order valence-corrected chi connectivity index (χ1v) is 7.35. The molecule has 0 bridgehead atoms. The van der Waals surface area contributed by atoms with Crippen LogP contribution in [-0.2, 0) is 4.74 Å². The van der Waals surface area contributed by atoms with Crippen LogP contribution in [0.2, 0.25) is 0 Å². The van der Waals surface area contributed by atoms with Crippen LogP contribution < -0.4 is 10.1 Å². The summed E-state index contributed by atoms with van der Waals surface area (Å²) >= 11 is 0. The molecular weight excluding hydrogens is 238 g/mol. The fourth-order valence-corrected chi connectivity index (χ4v) is 2.04. The van der Waals surface area contributed by atoms with Crippen molar-refractivity contribution in [1.82, 2.24) is 5.32 Å². The third-order valence-electron chi connectivity index (χ3n) is 2.94. The van der Waals surface area contributed by atoms with E-state index in [2.05, 4.69) is 31.3 Å². The first kappa shape index (κ1) is 16.0. The summed E-state index contributed by atoms with van der Waals surface area (Å²) in [4.78, 5) is 0. The van der Waals surface area contributed by atoms with Crippen LogP contribution in [0.1, 0.15) is 45.2 Å². The van der Waals surface area contributed by atoms with Gasteiger partial charge in [-0.2, -0.15) is 0 Å². The quantitative estimate of drug-likeness (QED) is 0.656. The van der Waals surface area contributed by atoms with E-state index >= 15 is 0 Å². The molecule has 1 atom stereocenters. The third-order valence-corrected chi connectivity index (χ3v) is 2.94. The molecule has 1 unspecified atom stereocenters. The van der Waals surface area contributed by atoms with E-state index in [1.807, 2.05) is 19.1 Å². The number of benzene rings is 1. The Morgan fingerprint density at radius 1 is 1.05 bits per heavy atom. The van der Waals surface area contributed by atoms with Gasteiger partial charge in [0.2, 0.25) is 0 Å². The first-order valence-electron chi connectivity index (χ1n) is 7.35. The van der Waals surface area contributed by atoms with Gasteiger partial charge >= 0.3 is 0 Å². The molecule has 19 heavy (non-hydrogen) atoms. The molecule has 0 amide bonds. The van der Waals surface area contributed by atoms with Crippen molar-refractivity contribution >= 4 is 0 Å². The highest BCUT2D eigenvalue weighted by atomic mass is 16.5. The molecule has 1 aromatic rings. The summed E-state index contributed by atoms with van der Waals surface area (Å²) in [6, 6.07) is 8.71. The lowest BCUT2D eigenvalue weighted by atomic mass is 10.0. The Bertz CT molecular complexity index is 324. The van der Waals surface area contributed by atoms with Crippen molar-refractivity contribution in [2.24, 2.45) is 0 Å². The van der Waals surface area contributed by atoms with Crippen LogP contribution >= 0.6 is 0 Å². The normalized spacial score (nSPS) is 12.4. The Balaban J connectivity index is 2.53. The molecule has 0 spiro atoms. The lowest BCUT2D eigenvalue weighted by molar-refractivity contribution is 0.124. The van der Waals surface area contributed by atoms with Gasteiger partial charge in [0.05, 0.1) is 6.61 Å². The minimum atomic E-state index is 0.359. The van der Waals surface area contributed by atoms with Gasteiger partial charge < -0.3 is 14.8 Å². The van der Waals surface area contributed by atoms with Crippen molar-refractivity contribution in [3.8, 4) is 5.75 Å². The zero-order valence-corrected chi connectivity index (χ0v) is 12.4. The van der Waals surface area contributed by atoms with Crippen LogP contribution in [0.4, 0.5) is 0 Å². The smallest absolute Gasteiger partial charge is 0.119 e. The molecule has 0 saturated heterocycles. The van der Waals surface area contributed by atoms with Crippen LogP contribution in [0.5, 0.6) is 5.75 Å². The molecule has 3 heteroatoms. The molecule has 1 aromatic carbocycles. The topological polar surface area (TPSA) is 30.5 Å². The average Bonchev–Trinajstić information content (AvgIpc) is 2.44. The number of hydrogen-bond donors (Lipinski definition) is 1. The summed E-state index contributed by atoms with van der Waals surface area (Å²) in [5.41, 5.74) is 1.30. The van der Waals surface area contributed by atoms with Crippen molar-refractivity contribution in [3.05, 3.63) is 29.8 Å². The highest BCUT2D eigenvalue weighted by Gasteiger charge is 2.10. The van der Waals surface area contributed by atoms with Crippen LogP contribution in [-0.4, -0.2) is 26.4 Å². The Morgan fingerprint density at radius 2 is 1.79 bits per heavy atom. The van der Waals surface area contributed by atoms with Gasteiger partial charge in [0.15, 0.2) is 0 Å². The Morgan fingerprint density at radius 3 is 2.37 bits per heavy atom. The van der Waals surface area contributed by atoms with Gasteiger partial charge in [0, 0.05) is 19.3 Å². The zero-order chi connectivity index (χ0) is 13.9. The average molecular weight is 265 g/mol. The Labute approximate surface area is 117 Å². The molecule has 0 aliphatic carbocycles. The number of hydrogen-bond acceptors (Lipinski definition) is 3. The SMILES string of the molecule is CCCOCCC(NCC)c1ccc(OCC)cc1. The molecule has 108 valence electrons. The molecule has 0 aromatic heterocycles. The summed E-state index contributed by atoms with van der Waals surface area (Å²) in [5.74, 6) is 0.934. The maximum Gasteiger partial charge on any atom is 0.119 e. The molecule has 0 heterocycles. The van der Waals surface area contributed by atoms with E-state index in [0.717, 1.165) is 38.3 Å². The molecule has 0 aliphatic rings. The van der Waals surface area contributed by atoms with Gasteiger partial charge in [-0.15, -0.1) is 0 Å². The second kappa shape index (κ2) is 9.82. The van der Waals surface area contributed by atoms with Crippen LogP contribution in [0, 0.1) is 0 Å². The van der Waals surface area contributed by atoms with E-state index in [1.54, 1.807) is 0 Å². The minimum absolute atomic E-state index is 0.359. The fraction of sp³-hybridized carbons (Fsp3) is 0.625. The van der Waals surface area contributed by atoms with Gasteiger partial charge in [-0.25, -0.2) is 0 Å². The zero-order valence-electron chi connectivity index (χ0n) is 12.4. The molecule has 1 rings (SSSR count). The second-order valence-corrected chi connectivity index (χ2v) is 4.51. The summed E-state index contributed by atoms with van der Waals surface area (Å²) in [6.45, 7) is 9.59. The van der Waals surface area contributed by atoms with Crippen LogP contribution in [0.3, 0.4) is 0 Å². The predicted octanol–water partition coefficient (Wildman–Crippen LogP) is 3.55. The van der Waals surface area contributed by atoms with Crippen LogP contribution in [0.25, 0.3) is 0 Å². The van der Waals surface area contributed by atoms with Gasteiger partial charge in [-0.05, 0) is 44.0 Å². The third kappa shape index (κ3) is 6.08. The standard InChI is InChI=1S/C16H27NO2/c1-4-12-18-13-11-16(17-5-2)14-7-9-15(10-8-14)19-6-3/h7-10,16-17H,4-6,11-13H2,1-3H3. The van der Waals surface area contributed by atoms with Crippen molar-refractivity contribution in [2.45, 2.75) is 39.7 Å². The van der Waals surface area contributed by atoms with Gasteiger partial charge in [-0.3, -0.25) is 0 Å². The van der Waals surface area contributed by atoms with Crippen molar-refractivity contribution in [3.63, 3.8) is 0 Å². The van der Waals surface area contributed by atoms with Crippen molar-refractivity contribution < 1.29 is 9.47 Å². The Kier molecular flexibility index (Phi) is 8.26. The lowest BCUT2D eigenvalue weighted by Gasteiger charge is -2.18. The van der Waals surface area contributed by atoms with E-state index in [0.29, 0.717) is 12.6 Å². The van der Waals surface area contributed by atoms with E-state index in [9.17, 15) is 0 Å². The first-order chi connectivity index (χ1) is 9.31. The molecule has 0 fully saturated rings. The van der Waals surface area contributed by atoms with E-state index in [4.69, 9.17) is 9.47 Å². The molecule has 0 aliphatic heterocycles. The second-order valence-electron chi connectivity index (χ2n) is 4.51. The van der Waals surface area contributed by atoms with Gasteiger partial charge in [0.1, 0.15) is 5.75 Å². The summed E-state index contributed by atoms with van der Waals surface area (Å²) < 4.78 is 11.0. The highest BCUT2D eigenvalue weighted by Crippen LogP contribution is 2.20. The predicted molar refractivity (Wildman–Crippen MR) is 79.8 cm³/mol. The largest absolute Gasteiger partial charge is 0.494 e. The van der Waals surface area contributed by atoms with Crippen molar-refractivity contribution in [1.29, 1.82) is 0 Å². The molecular formula is C16H27NO2. The lowest BCUT2D eigenvalue weighted by Crippen LogP contribution is -2.22. The van der Waals surface area contributed by atoms with Crippen molar-refractivity contribution in [2.75, 3.05) is 26.4 Å². The monoisotopic (exact) mass is 265 g/mol. The fourth-order valence-electron chi connectivity index (χ4n) is 2.04. The number of nitrogens with one attached hydrogen (secondary N) is 1. The maximum atomic E-state index is 5.58. The van der Waals surface area contributed by atoms with E-state index in [-0.39, 0.29) is 0 Å². The summed E-state index contributed by atoms with van der Waals surface area (Å²) in [7, 11) is 0. The summed E-state index contributed by atoms with van der Waals surface area (Å²) in [5, 5.41) is 3.51. The maximum absolute atomic E-state index is 5.58. The van der Waals surface area contributed by atoms with E-state index < -0.39 is 0 Å². The highest BCUT2D eigenvalue weighted by molar-refractivity contribution is 5.29. The Hall–Kier alpha value is -1.06. The molecule has 1 N–H and O–H groups in total. The summed E-state index contributed by atoms with van der Waals surface area (Å²) in [6.07, 6.45) is 2.08. The molecule has 0 radical (unpaired) electrons. The molecule has 3 nitrogen and oxygen atoms in total. The van der Waals surface area contributed by atoms with Crippen LogP contribution in [0.15, 0.2) is 24.3 Å². The minimum Gasteiger partial charge on any atom is -0.494 e. The van der Waals surface area contributed by atoms with E-state index in [1.165, 1.54) is 5.56 Å². The number of rotatable bonds is 10. The van der Waals surface area contributed by atoms with Gasteiger partial charge in [0.25, 0.3) is 0 Å². The molecule has 0 saturated carbocycles.